The van der Waals surface area contributed by atoms with Crippen molar-refractivity contribution < 1.29 is 0 Å². The first-order valence-electron chi connectivity index (χ1n) is 15.1. The van der Waals surface area contributed by atoms with Crippen LogP contribution in [-0.4, -0.2) is 0 Å². The fourth-order valence-corrected chi connectivity index (χ4v) is 8.56. The van der Waals surface area contributed by atoms with Crippen LogP contribution in [-0.2, 0) is 0 Å². The van der Waals surface area contributed by atoms with E-state index in [1.165, 1.54) is 73.0 Å². The summed E-state index contributed by atoms with van der Waals surface area (Å²) in [5.41, 5.74) is 7.44. The first kappa shape index (κ1) is 23.9. The molecule has 2 aliphatic carbocycles. The van der Waals surface area contributed by atoms with Gasteiger partial charge in [0.2, 0.25) is 0 Å². The molecule has 2 fully saturated rings. The second-order valence-corrected chi connectivity index (χ2v) is 12.9. The second kappa shape index (κ2) is 8.80. The Hall–Kier alpha value is -3.90. The lowest BCUT2D eigenvalue weighted by molar-refractivity contribution is 0.335. The van der Waals surface area contributed by atoms with Crippen LogP contribution >= 0.6 is 0 Å². The summed E-state index contributed by atoms with van der Waals surface area (Å²) in [5, 5.41) is 7.88. The van der Waals surface area contributed by atoms with E-state index in [2.05, 4.69) is 136 Å². The average Bonchev–Trinajstić information content (AvgIpc) is 3.67. The predicted molar refractivity (Wildman–Crippen MR) is 172 cm³/mol. The van der Waals surface area contributed by atoms with E-state index in [1.807, 2.05) is 0 Å². The van der Waals surface area contributed by atoms with E-state index >= 15 is 0 Å². The highest BCUT2D eigenvalue weighted by Crippen LogP contribution is 2.73. The van der Waals surface area contributed by atoms with Crippen molar-refractivity contribution >= 4 is 32.3 Å². The van der Waals surface area contributed by atoms with Gasteiger partial charge in [-0.05, 0) is 102 Å². The number of benzene rings is 6. The van der Waals surface area contributed by atoms with Crippen molar-refractivity contribution in [2.45, 2.75) is 39.5 Å². The second-order valence-electron chi connectivity index (χ2n) is 12.9. The van der Waals surface area contributed by atoms with Gasteiger partial charge >= 0.3 is 0 Å². The van der Waals surface area contributed by atoms with E-state index in [0.29, 0.717) is 11.3 Å². The molecule has 6 aromatic carbocycles. The van der Waals surface area contributed by atoms with E-state index in [1.54, 1.807) is 0 Å². The molecule has 196 valence electrons. The van der Waals surface area contributed by atoms with E-state index in [4.69, 9.17) is 0 Å². The topological polar surface area (TPSA) is 0 Å². The molecule has 8 rings (SSSR count). The Morgan fingerprint density at radius 2 is 1.12 bits per heavy atom. The van der Waals surface area contributed by atoms with Crippen LogP contribution in [0.4, 0.5) is 0 Å². The number of rotatable bonds is 4. The quantitative estimate of drug-likeness (QED) is 0.204. The lowest BCUT2D eigenvalue weighted by Crippen LogP contribution is -2.10. The van der Waals surface area contributed by atoms with Crippen molar-refractivity contribution in [3.8, 4) is 22.3 Å². The Morgan fingerprint density at radius 3 is 1.73 bits per heavy atom. The van der Waals surface area contributed by atoms with E-state index < -0.39 is 0 Å². The zero-order valence-corrected chi connectivity index (χ0v) is 23.7. The van der Waals surface area contributed by atoms with Crippen molar-refractivity contribution in [3.63, 3.8) is 0 Å². The van der Waals surface area contributed by atoms with Crippen LogP contribution in [0.15, 0.2) is 115 Å². The summed E-state index contributed by atoms with van der Waals surface area (Å²) in [6.45, 7) is 7.39. The lowest BCUT2D eigenvalue weighted by Gasteiger charge is -2.23. The van der Waals surface area contributed by atoms with Gasteiger partial charge in [-0.1, -0.05) is 136 Å². The summed E-state index contributed by atoms with van der Waals surface area (Å²) in [5.74, 6) is 3.20. The molecule has 0 amide bonds. The maximum Gasteiger partial charge on any atom is -0.00201 e. The Morgan fingerprint density at radius 1 is 0.575 bits per heavy atom. The summed E-state index contributed by atoms with van der Waals surface area (Å²) in [4.78, 5) is 0. The van der Waals surface area contributed by atoms with Crippen LogP contribution in [0, 0.1) is 23.2 Å². The molecule has 0 aromatic heterocycles. The van der Waals surface area contributed by atoms with Gasteiger partial charge in [0.1, 0.15) is 0 Å². The normalized spacial score (nSPS) is 23.8. The van der Waals surface area contributed by atoms with Crippen LogP contribution in [0.2, 0.25) is 0 Å². The maximum atomic E-state index is 2.51. The Balaban J connectivity index is 1.31. The Kier molecular flexibility index (Phi) is 5.27. The first-order valence-corrected chi connectivity index (χ1v) is 15.1. The fourth-order valence-electron chi connectivity index (χ4n) is 8.56. The van der Waals surface area contributed by atoms with Gasteiger partial charge in [-0.2, -0.15) is 0 Å². The molecule has 0 spiro atoms. The molecule has 0 bridgehead atoms. The van der Waals surface area contributed by atoms with Gasteiger partial charge in [-0.15, -0.1) is 0 Å². The summed E-state index contributed by atoms with van der Waals surface area (Å²) in [6, 6.07) is 43.2. The molecule has 6 aromatic rings. The molecule has 0 saturated heterocycles. The third-order valence-corrected chi connectivity index (χ3v) is 10.8. The molecule has 0 radical (unpaired) electrons. The zero-order chi connectivity index (χ0) is 27.0. The highest BCUT2D eigenvalue weighted by atomic mass is 14.7. The lowest BCUT2D eigenvalue weighted by atomic mass is 9.81. The smallest absolute Gasteiger partial charge is 0.00201 e. The van der Waals surface area contributed by atoms with Crippen LogP contribution in [0.3, 0.4) is 0 Å². The van der Waals surface area contributed by atoms with Gasteiger partial charge in [0, 0.05) is 0 Å². The molecule has 0 nitrogen and oxygen atoms in total. The van der Waals surface area contributed by atoms with Crippen LogP contribution < -0.4 is 0 Å². The molecule has 0 heterocycles. The van der Waals surface area contributed by atoms with E-state index in [-0.39, 0.29) is 0 Å². The summed E-state index contributed by atoms with van der Waals surface area (Å²) < 4.78 is 0. The third-order valence-electron chi connectivity index (χ3n) is 10.8. The number of fused-ring (bicyclic) bond motifs is 4. The Labute approximate surface area is 237 Å². The molecule has 40 heavy (non-hydrogen) atoms. The van der Waals surface area contributed by atoms with Crippen molar-refractivity contribution in [2.24, 2.45) is 23.2 Å². The number of hydrogen-bond donors (Lipinski definition) is 0. The van der Waals surface area contributed by atoms with Crippen molar-refractivity contribution in [2.75, 3.05) is 0 Å². The molecule has 4 unspecified atom stereocenters. The number of hydrogen-bond acceptors (Lipinski definition) is 0. The summed E-state index contributed by atoms with van der Waals surface area (Å²) >= 11 is 0. The first-order chi connectivity index (χ1) is 19.6. The molecule has 2 saturated carbocycles. The monoisotopic (exact) mass is 516 g/mol. The summed E-state index contributed by atoms with van der Waals surface area (Å²) in [6.07, 6.45) is 2.81. The highest BCUT2D eigenvalue weighted by molar-refractivity contribution is 6.23. The minimum Gasteiger partial charge on any atom is -0.0622 e. The largest absolute Gasteiger partial charge is 0.0622 e. The molecule has 0 aliphatic heterocycles. The minimum atomic E-state index is 0.604. The maximum absolute atomic E-state index is 2.51. The van der Waals surface area contributed by atoms with Crippen molar-refractivity contribution in [3.05, 3.63) is 121 Å². The van der Waals surface area contributed by atoms with Gasteiger partial charge in [0.05, 0.1) is 0 Å². The molecule has 4 atom stereocenters. The molecular formula is C40H36. The van der Waals surface area contributed by atoms with Gasteiger partial charge in [0.15, 0.2) is 0 Å². The van der Waals surface area contributed by atoms with Crippen LogP contribution in [0.25, 0.3) is 54.6 Å². The third kappa shape index (κ3) is 3.38. The fraction of sp³-hybridized carbons (Fsp3) is 0.250. The van der Waals surface area contributed by atoms with Gasteiger partial charge < -0.3 is 0 Å². The molecule has 0 heteroatoms. The average molecular weight is 517 g/mol. The predicted octanol–water partition coefficient (Wildman–Crippen LogP) is 11.3. The van der Waals surface area contributed by atoms with E-state index in [9.17, 15) is 0 Å². The van der Waals surface area contributed by atoms with Crippen LogP contribution in [0.1, 0.15) is 45.1 Å². The van der Waals surface area contributed by atoms with E-state index in [0.717, 1.165) is 17.8 Å². The minimum absolute atomic E-state index is 0.604. The zero-order valence-electron chi connectivity index (χ0n) is 23.7. The van der Waals surface area contributed by atoms with Gasteiger partial charge in [-0.3, -0.25) is 0 Å². The Bertz CT molecular complexity index is 1850. The van der Waals surface area contributed by atoms with Crippen molar-refractivity contribution in [1.82, 2.24) is 0 Å². The highest BCUT2D eigenvalue weighted by Gasteiger charge is 2.64. The SMILES string of the molecule is CC1C(c2ccc(-c3c4ccccc4c(-c4cccc5ccccc45)c4ccccc34)cc2)CC2(C(C)C)CC12. The molecule has 0 N–H and O–H groups in total. The van der Waals surface area contributed by atoms with Crippen LogP contribution in [0.5, 0.6) is 0 Å². The standard InChI is InChI=1S/C40H36/c1-25(2)40-23-36(26(3)37(40)24-40)28-19-21-29(22-20-28)38-32-14-6-8-16-34(32)39(35-17-9-7-15-33(35)38)31-18-10-12-27-11-4-5-13-30(27)31/h4-22,25-26,36-37H,23-24H2,1-3H3. The van der Waals surface area contributed by atoms with Crippen molar-refractivity contribution in [1.29, 1.82) is 0 Å². The van der Waals surface area contributed by atoms with Gasteiger partial charge in [-0.25, -0.2) is 0 Å². The molecule has 2 aliphatic rings. The van der Waals surface area contributed by atoms with Gasteiger partial charge in [0.25, 0.3) is 0 Å². The molecular weight excluding hydrogens is 480 g/mol. The summed E-state index contributed by atoms with van der Waals surface area (Å²) in [7, 11) is 0.